The van der Waals surface area contributed by atoms with E-state index >= 15 is 0 Å². The Balaban J connectivity index is 1.98. The summed E-state index contributed by atoms with van der Waals surface area (Å²) in [4.78, 5) is 23.5. The largest absolute Gasteiger partial charge is 0.355 e. The van der Waals surface area contributed by atoms with Crippen LogP contribution in [0.1, 0.15) is 34.5 Å². The molecule has 2 rings (SSSR count). The number of amides is 2. The van der Waals surface area contributed by atoms with E-state index in [9.17, 15) is 9.59 Å². The van der Waals surface area contributed by atoms with E-state index in [1.807, 2.05) is 25.1 Å². The highest BCUT2D eigenvalue weighted by molar-refractivity contribution is 6.31. The molecule has 0 spiro atoms. The fourth-order valence-electron chi connectivity index (χ4n) is 2.23. The number of halogens is 1. The molecule has 2 aromatic carbocycles. The maximum Gasteiger partial charge on any atom is 0.251 e. The van der Waals surface area contributed by atoms with Gasteiger partial charge in [0.1, 0.15) is 0 Å². The molecule has 24 heavy (non-hydrogen) atoms. The third-order valence-corrected chi connectivity index (χ3v) is 3.90. The quantitative estimate of drug-likeness (QED) is 0.816. The van der Waals surface area contributed by atoms with Gasteiger partial charge in [0.05, 0.1) is 6.04 Å². The normalized spacial score (nSPS) is 12.0. The molecule has 0 aliphatic carbocycles. The summed E-state index contributed by atoms with van der Waals surface area (Å²) in [6.07, 6.45) is 3.16. The Morgan fingerprint density at radius 3 is 2.38 bits per heavy atom. The van der Waals surface area contributed by atoms with Crippen molar-refractivity contribution < 1.29 is 9.59 Å². The molecule has 2 amide bonds. The number of hydrogen-bond donors (Lipinski definition) is 2. The van der Waals surface area contributed by atoms with E-state index in [1.165, 1.54) is 6.08 Å². The van der Waals surface area contributed by atoms with Crippen molar-refractivity contribution in [3.63, 3.8) is 0 Å². The zero-order valence-electron chi connectivity index (χ0n) is 13.5. The van der Waals surface area contributed by atoms with Gasteiger partial charge in [-0.3, -0.25) is 9.59 Å². The molecule has 0 radical (unpaired) electrons. The van der Waals surface area contributed by atoms with Crippen molar-refractivity contribution in [2.45, 2.75) is 13.0 Å². The summed E-state index contributed by atoms with van der Waals surface area (Å²) in [5, 5.41) is 6.06. The Bertz CT molecular complexity index is 754. The van der Waals surface area contributed by atoms with Crippen LogP contribution >= 0.6 is 11.6 Å². The van der Waals surface area contributed by atoms with E-state index in [-0.39, 0.29) is 17.9 Å². The van der Waals surface area contributed by atoms with E-state index in [4.69, 9.17) is 11.6 Å². The molecule has 4 nitrogen and oxygen atoms in total. The van der Waals surface area contributed by atoms with Crippen molar-refractivity contribution in [2.75, 3.05) is 7.05 Å². The SMILES string of the molecule is CNC(=O)c1ccc(/C=C/C(=O)NC(C)c2ccccc2Cl)cc1. The molecule has 0 heterocycles. The van der Waals surface area contributed by atoms with Gasteiger partial charge in [0, 0.05) is 23.7 Å². The molecule has 0 saturated heterocycles. The van der Waals surface area contributed by atoms with E-state index in [0.29, 0.717) is 10.6 Å². The molecule has 0 aliphatic rings. The number of nitrogens with one attached hydrogen (secondary N) is 2. The van der Waals surface area contributed by atoms with E-state index in [2.05, 4.69) is 10.6 Å². The predicted molar refractivity (Wildman–Crippen MR) is 96.9 cm³/mol. The van der Waals surface area contributed by atoms with Crippen LogP contribution in [0.4, 0.5) is 0 Å². The summed E-state index contributed by atoms with van der Waals surface area (Å²) >= 11 is 6.13. The molecule has 0 aliphatic heterocycles. The van der Waals surface area contributed by atoms with Crippen molar-refractivity contribution in [1.82, 2.24) is 10.6 Å². The standard InChI is InChI=1S/C19H19ClN2O2/c1-13(16-5-3-4-6-17(16)20)22-18(23)12-9-14-7-10-15(11-8-14)19(24)21-2/h3-13H,1-2H3,(H,21,24)(H,22,23)/b12-9+. The Kier molecular flexibility index (Phi) is 6.15. The molecule has 5 heteroatoms. The van der Waals surface area contributed by atoms with Crippen molar-refractivity contribution in [3.05, 3.63) is 76.3 Å². The third kappa shape index (κ3) is 4.70. The Morgan fingerprint density at radius 1 is 1.08 bits per heavy atom. The van der Waals surface area contributed by atoms with Gasteiger partial charge in [-0.05, 0) is 42.3 Å². The van der Waals surface area contributed by atoms with E-state index in [0.717, 1.165) is 11.1 Å². The summed E-state index contributed by atoms with van der Waals surface area (Å²) in [7, 11) is 1.58. The summed E-state index contributed by atoms with van der Waals surface area (Å²) in [5.74, 6) is -0.352. The highest BCUT2D eigenvalue weighted by Gasteiger charge is 2.10. The minimum Gasteiger partial charge on any atom is -0.355 e. The first-order valence-electron chi connectivity index (χ1n) is 7.56. The minimum absolute atomic E-state index is 0.142. The van der Waals surface area contributed by atoms with Crippen LogP contribution in [0.25, 0.3) is 6.08 Å². The van der Waals surface area contributed by atoms with Crippen LogP contribution in [0.3, 0.4) is 0 Å². The summed E-state index contributed by atoms with van der Waals surface area (Å²) < 4.78 is 0. The zero-order valence-corrected chi connectivity index (χ0v) is 14.3. The maximum absolute atomic E-state index is 12.0. The smallest absolute Gasteiger partial charge is 0.251 e. The Hall–Kier alpha value is -2.59. The van der Waals surface area contributed by atoms with Crippen LogP contribution < -0.4 is 10.6 Å². The molecule has 1 atom stereocenters. The van der Waals surface area contributed by atoms with Gasteiger partial charge in [-0.2, -0.15) is 0 Å². The van der Waals surface area contributed by atoms with Crippen molar-refractivity contribution in [3.8, 4) is 0 Å². The van der Waals surface area contributed by atoms with Gasteiger partial charge in [0.2, 0.25) is 5.91 Å². The number of rotatable bonds is 5. The average Bonchev–Trinajstić information content (AvgIpc) is 2.60. The Morgan fingerprint density at radius 2 is 1.75 bits per heavy atom. The van der Waals surface area contributed by atoms with Crippen molar-refractivity contribution in [1.29, 1.82) is 0 Å². The van der Waals surface area contributed by atoms with Crippen LogP contribution in [0, 0.1) is 0 Å². The fourth-order valence-corrected chi connectivity index (χ4v) is 2.53. The average molecular weight is 343 g/mol. The lowest BCUT2D eigenvalue weighted by Gasteiger charge is -2.14. The molecular weight excluding hydrogens is 324 g/mol. The predicted octanol–water partition coefficient (Wildman–Crippen LogP) is 3.59. The van der Waals surface area contributed by atoms with E-state index < -0.39 is 0 Å². The van der Waals surface area contributed by atoms with E-state index in [1.54, 1.807) is 43.5 Å². The minimum atomic E-state index is -0.210. The van der Waals surface area contributed by atoms with Crippen LogP contribution in [0.5, 0.6) is 0 Å². The highest BCUT2D eigenvalue weighted by atomic mass is 35.5. The molecule has 0 fully saturated rings. The van der Waals surface area contributed by atoms with Gasteiger partial charge in [0.15, 0.2) is 0 Å². The topological polar surface area (TPSA) is 58.2 Å². The lowest BCUT2D eigenvalue weighted by molar-refractivity contribution is -0.117. The van der Waals surface area contributed by atoms with Crippen LogP contribution in [0.2, 0.25) is 5.02 Å². The van der Waals surface area contributed by atoms with Gasteiger partial charge in [-0.15, -0.1) is 0 Å². The zero-order chi connectivity index (χ0) is 17.5. The maximum atomic E-state index is 12.0. The van der Waals surface area contributed by atoms with Crippen molar-refractivity contribution >= 4 is 29.5 Å². The fraction of sp³-hybridized carbons (Fsp3) is 0.158. The first-order chi connectivity index (χ1) is 11.5. The lowest BCUT2D eigenvalue weighted by atomic mass is 10.1. The molecule has 2 aromatic rings. The summed E-state index contributed by atoms with van der Waals surface area (Å²) in [6, 6.07) is 14.2. The number of carbonyl (C=O) groups is 2. The monoisotopic (exact) mass is 342 g/mol. The molecule has 1 unspecified atom stereocenters. The van der Waals surface area contributed by atoms with Gasteiger partial charge < -0.3 is 10.6 Å². The van der Waals surface area contributed by atoms with Gasteiger partial charge in [0.25, 0.3) is 5.91 Å². The first-order valence-corrected chi connectivity index (χ1v) is 7.94. The number of carbonyl (C=O) groups excluding carboxylic acids is 2. The van der Waals surface area contributed by atoms with Crippen molar-refractivity contribution in [2.24, 2.45) is 0 Å². The van der Waals surface area contributed by atoms with Gasteiger partial charge in [-0.25, -0.2) is 0 Å². The molecule has 0 aromatic heterocycles. The lowest BCUT2D eigenvalue weighted by Crippen LogP contribution is -2.24. The summed E-state index contributed by atoms with van der Waals surface area (Å²) in [6.45, 7) is 1.88. The molecule has 0 saturated carbocycles. The highest BCUT2D eigenvalue weighted by Crippen LogP contribution is 2.22. The van der Waals surface area contributed by atoms with Crippen LogP contribution in [-0.2, 0) is 4.79 Å². The van der Waals surface area contributed by atoms with Gasteiger partial charge >= 0.3 is 0 Å². The summed E-state index contributed by atoms with van der Waals surface area (Å²) in [5.41, 5.74) is 2.28. The molecule has 124 valence electrons. The second kappa shape index (κ2) is 8.31. The van der Waals surface area contributed by atoms with Crippen LogP contribution in [0.15, 0.2) is 54.6 Å². The third-order valence-electron chi connectivity index (χ3n) is 3.56. The second-order valence-corrected chi connectivity index (χ2v) is 5.69. The first kappa shape index (κ1) is 17.8. The molecule has 0 bridgehead atoms. The molecule has 2 N–H and O–H groups in total. The Labute approximate surface area is 146 Å². The number of benzene rings is 2. The van der Waals surface area contributed by atoms with Crippen LogP contribution in [-0.4, -0.2) is 18.9 Å². The second-order valence-electron chi connectivity index (χ2n) is 5.29. The molecular formula is C19H19ClN2O2. The number of hydrogen-bond acceptors (Lipinski definition) is 2. The van der Waals surface area contributed by atoms with Gasteiger partial charge in [-0.1, -0.05) is 41.9 Å².